The molecule has 0 radical (unpaired) electrons. The second kappa shape index (κ2) is 9.35. The molecule has 0 aromatic rings. The molecule has 0 spiro atoms. The molecule has 0 bridgehead atoms. The highest BCUT2D eigenvalue weighted by molar-refractivity contribution is 7.85. The summed E-state index contributed by atoms with van der Waals surface area (Å²) in [5, 5.41) is 2.69. The third-order valence-electron chi connectivity index (χ3n) is 1.39. The molecule has 0 aliphatic heterocycles. The topological polar surface area (TPSA) is 83.5 Å². The molecule has 0 atom stereocenters. The highest BCUT2D eigenvalue weighted by atomic mass is 32.2. The molecule has 0 saturated heterocycles. The maximum atomic E-state index is 10.7. The minimum atomic E-state index is -3.67. The number of amides is 1. The molecule has 0 aromatic heterocycles. The maximum absolute atomic E-state index is 10.7. The summed E-state index contributed by atoms with van der Waals surface area (Å²) < 4.78 is 27.6. The van der Waals surface area contributed by atoms with E-state index in [0.29, 0.717) is 12.0 Å². The summed E-state index contributed by atoms with van der Waals surface area (Å²) >= 11 is 0. The first kappa shape index (κ1) is 17.5. The van der Waals surface area contributed by atoms with Gasteiger partial charge in [0.15, 0.2) is 0 Å². The van der Waals surface area contributed by atoms with Crippen LogP contribution in [-0.2, 0) is 14.9 Å². The third kappa shape index (κ3) is 15.6. The predicted molar refractivity (Wildman–Crippen MR) is 64.8 cm³/mol. The SMILES string of the molecule is C=C(C)C(=O)NCCC.CCCS(=O)(=O)O. The Morgan fingerprint density at radius 2 is 1.81 bits per heavy atom. The smallest absolute Gasteiger partial charge is 0.264 e. The quantitative estimate of drug-likeness (QED) is 0.571. The average Bonchev–Trinajstić information content (AvgIpc) is 2.13. The molecule has 0 fully saturated rings. The predicted octanol–water partition coefficient (Wildman–Crippen LogP) is 1.37. The van der Waals surface area contributed by atoms with E-state index < -0.39 is 10.1 Å². The van der Waals surface area contributed by atoms with E-state index in [9.17, 15) is 13.2 Å². The molecular formula is C10H21NO4S. The van der Waals surface area contributed by atoms with Crippen LogP contribution in [0.1, 0.15) is 33.6 Å². The highest BCUT2D eigenvalue weighted by Crippen LogP contribution is 1.84. The van der Waals surface area contributed by atoms with E-state index in [1.165, 1.54) is 0 Å². The molecule has 0 aliphatic carbocycles. The Labute approximate surface area is 97.7 Å². The van der Waals surface area contributed by atoms with Crippen LogP contribution in [0.15, 0.2) is 12.2 Å². The van der Waals surface area contributed by atoms with Crippen LogP contribution in [0.25, 0.3) is 0 Å². The lowest BCUT2D eigenvalue weighted by Crippen LogP contribution is -2.24. The van der Waals surface area contributed by atoms with Gasteiger partial charge in [0, 0.05) is 12.1 Å². The van der Waals surface area contributed by atoms with Crippen LogP contribution >= 0.6 is 0 Å². The van der Waals surface area contributed by atoms with Crippen LogP contribution in [0.4, 0.5) is 0 Å². The molecule has 0 aliphatic rings. The zero-order valence-corrected chi connectivity index (χ0v) is 10.9. The van der Waals surface area contributed by atoms with E-state index in [0.717, 1.165) is 13.0 Å². The summed E-state index contributed by atoms with van der Waals surface area (Å²) in [6.07, 6.45) is 1.44. The van der Waals surface area contributed by atoms with Crippen molar-refractivity contribution in [2.45, 2.75) is 33.6 Å². The van der Waals surface area contributed by atoms with Crippen molar-refractivity contribution in [3.05, 3.63) is 12.2 Å². The van der Waals surface area contributed by atoms with Gasteiger partial charge in [0.2, 0.25) is 5.91 Å². The number of rotatable bonds is 5. The summed E-state index contributed by atoms with van der Waals surface area (Å²) in [6, 6.07) is 0. The van der Waals surface area contributed by atoms with Crippen LogP contribution in [0.3, 0.4) is 0 Å². The van der Waals surface area contributed by atoms with Gasteiger partial charge in [-0.05, 0) is 19.8 Å². The molecule has 0 rings (SSSR count). The monoisotopic (exact) mass is 251 g/mol. The summed E-state index contributed by atoms with van der Waals surface area (Å²) in [6.45, 7) is 9.64. The molecule has 0 saturated carbocycles. The zero-order valence-electron chi connectivity index (χ0n) is 10.1. The molecule has 5 nitrogen and oxygen atoms in total. The van der Waals surface area contributed by atoms with Crippen LogP contribution in [-0.4, -0.2) is 31.2 Å². The van der Waals surface area contributed by atoms with Gasteiger partial charge in [0.1, 0.15) is 0 Å². The molecular weight excluding hydrogens is 230 g/mol. The van der Waals surface area contributed by atoms with Crippen molar-refractivity contribution < 1.29 is 17.8 Å². The number of carbonyl (C=O) groups is 1. The van der Waals surface area contributed by atoms with Gasteiger partial charge in [0.25, 0.3) is 10.1 Å². The van der Waals surface area contributed by atoms with Gasteiger partial charge in [-0.2, -0.15) is 8.42 Å². The maximum Gasteiger partial charge on any atom is 0.264 e. The van der Waals surface area contributed by atoms with Gasteiger partial charge in [0.05, 0.1) is 5.75 Å². The van der Waals surface area contributed by atoms with Gasteiger partial charge < -0.3 is 5.32 Å². The molecule has 0 unspecified atom stereocenters. The van der Waals surface area contributed by atoms with Crippen molar-refractivity contribution in [3.63, 3.8) is 0 Å². The van der Waals surface area contributed by atoms with E-state index in [-0.39, 0.29) is 11.7 Å². The first-order valence-corrected chi connectivity index (χ1v) is 6.74. The minimum absolute atomic E-state index is 0.0446. The summed E-state index contributed by atoms with van der Waals surface area (Å²) in [5.74, 6) is -0.177. The Bertz CT molecular complexity index is 309. The minimum Gasteiger partial charge on any atom is -0.352 e. The summed E-state index contributed by atoms with van der Waals surface area (Å²) in [5.41, 5.74) is 0.573. The number of nitrogens with one attached hydrogen (secondary N) is 1. The Morgan fingerprint density at radius 1 is 1.31 bits per heavy atom. The lowest BCUT2D eigenvalue weighted by Gasteiger charge is -1.99. The largest absolute Gasteiger partial charge is 0.352 e. The Balaban J connectivity index is 0. The van der Waals surface area contributed by atoms with Crippen molar-refractivity contribution in [1.29, 1.82) is 0 Å². The molecule has 0 heterocycles. The van der Waals surface area contributed by atoms with E-state index in [1.54, 1.807) is 13.8 Å². The lowest BCUT2D eigenvalue weighted by atomic mass is 10.3. The zero-order chi connectivity index (χ0) is 13.2. The van der Waals surface area contributed by atoms with Gasteiger partial charge in [-0.3, -0.25) is 9.35 Å². The fourth-order valence-electron chi connectivity index (χ4n) is 0.647. The fourth-order valence-corrected chi connectivity index (χ4v) is 1.16. The van der Waals surface area contributed by atoms with E-state index in [2.05, 4.69) is 11.9 Å². The van der Waals surface area contributed by atoms with Crippen LogP contribution < -0.4 is 5.32 Å². The Hall–Kier alpha value is -0.880. The summed E-state index contributed by atoms with van der Waals surface area (Å²) in [7, 11) is -3.67. The van der Waals surface area contributed by atoms with E-state index in [1.807, 2.05) is 6.92 Å². The molecule has 1 amide bonds. The average molecular weight is 251 g/mol. The van der Waals surface area contributed by atoms with Crippen LogP contribution in [0.2, 0.25) is 0 Å². The Morgan fingerprint density at radius 3 is 2.00 bits per heavy atom. The molecule has 0 aromatic carbocycles. The van der Waals surface area contributed by atoms with E-state index >= 15 is 0 Å². The Kier molecular flexibility index (Phi) is 10.2. The van der Waals surface area contributed by atoms with Gasteiger partial charge >= 0.3 is 0 Å². The molecule has 96 valence electrons. The highest BCUT2D eigenvalue weighted by Gasteiger charge is 1.98. The van der Waals surface area contributed by atoms with Crippen LogP contribution in [0.5, 0.6) is 0 Å². The molecule has 2 N–H and O–H groups in total. The first-order valence-electron chi connectivity index (χ1n) is 5.13. The third-order valence-corrected chi connectivity index (χ3v) is 2.31. The second-order valence-electron chi connectivity index (χ2n) is 3.32. The van der Waals surface area contributed by atoms with Crippen molar-refractivity contribution in [1.82, 2.24) is 5.32 Å². The first-order chi connectivity index (χ1) is 7.24. The number of hydrogen-bond acceptors (Lipinski definition) is 3. The fraction of sp³-hybridized carbons (Fsp3) is 0.700. The number of hydrogen-bond donors (Lipinski definition) is 2. The van der Waals surface area contributed by atoms with Crippen molar-refractivity contribution in [3.8, 4) is 0 Å². The lowest BCUT2D eigenvalue weighted by molar-refractivity contribution is -0.117. The number of carbonyl (C=O) groups excluding carboxylic acids is 1. The van der Waals surface area contributed by atoms with E-state index in [4.69, 9.17) is 4.55 Å². The van der Waals surface area contributed by atoms with Crippen LogP contribution in [0, 0.1) is 0 Å². The van der Waals surface area contributed by atoms with Gasteiger partial charge in [-0.1, -0.05) is 20.4 Å². The molecule has 6 heteroatoms. The van der Waals surface area contributed by atoms with Gasteiger partial charge in [-0.25, -0.2) is 0 Å². The van der Waals surface area contributed by atoms with Crippen molar-refractivity contribution >= 4 is 16.0 Å². The summed E-state index contributed by atoms with van der Waals surface area (Å²) in [4.78, 5) is 10.7. The van der Waals surface area contributed by atoms with Crippen molar-refractivity contribution in [2.24, 2.45) is 0 Å². The van der Waals surface area contributed by atoms with Gasteiger partial charge in [-0.15, -0.1) is 0 Å². The molecule has 16 heavy (non-hydrogen) atoms. The standard InChI is InChI=1S/C7H13NO.C3H8O3S/c1-4-5-8-7(9)6(2)3;1-2-3-7(4,5)6/h2,4-5H2,1,3H3,(H,8,9);2-3H2,1H3,(H,4,5,6). The second-order valence-corrected chi connectivity index (χ2v) is 4.89. The normalized spacial score (nSPS) is 10.0. The van der Waals surface area contributed by atoms with Crippen molar-refractivity contribution in [2.75, 3.05) is 12.3 Å².